The van der Waals surface area contributed by atoms with Gasteiger partial charge in [0, 0.05) is 50.7 Å². The van der Waals surface area contributed by atoms with E-state index in [0.29, 0.717) is 0 Å². The van der Waals surface area contributed by atoms with Gasteiger partial charge in [-0.05, 0) is 33.8 Å². The first-order valence-electron chi connectivity index (χ1n) is 8.13. The van der Waals surface area contributed by atoms with Crippen molar-refractivity contribution in [3.05, 3.63) is 34.4 Å². The lowest BCUT2D eigenvalue weighted by molar-refractivity contribution is 0.140. The smallest absolute Gasteiger partial charge is 0.0641 e. The number of aromatic nitrogens is 4. The minimum absolute atomic E-state index is 0.732. The van der Waals surface area contributed by atoms with Gasteiger partial charge >= 0.3 is 0 Å². The van der Waals surface area contributed by atoms with Gasteiger partial charge in [0.25, 0.3) is 0 Å². The summed E-state index contributed by atoms with van der Waals surface area (Å²) in [5, 5.41) is 9.07. The SMILES string of the molecule is COCCN(CCn1nc(C)cc1C)Cc1c(C)nn(C)c1C. The lowest BCUT2D eigenvalue weighted by Gasteiger charge is -2.22. The van der Waals surface area contributed by atoms with Gasteiger partial charge in [-0.25, -0.2) is 0 Å². The Bertz CT molecular complexity index is 644. The first-order chi connectivity index (χ1) is 10.9. The third-order valence-corrected chi connectivity index (χ3v) is 4.38. The van der Waals surface area contributed by atoms with E-state index in [1.807, 2.05) is 18.7 Å². The van der Waals surface area contributed by atoms with Gasteiger partial charge in [-0.2, -0.15) is 10.2 Å². The van der Waals surface area contributed by atoms with E-state index >= 15 is 0 Å². The summed E-state index contributed by atoms with van der Waals surface area (Å²) in [5.41, 5.74) is 5.94. The van der Waals surface area contributed by atoms with Gasteiger partial charge in [0.05, 0.1) is 24.5 Å². The van der Waals surface area contributed by atoms with Crippen molar-refractivity contribution in [3.63, 3.8) is 0 Å². The molecular weight excluding hydrogens is 290 g/mol. The summed E-state index contributed by atoms with van der Waals surface area (Å²) in [6.45, 7) is 12.7. The molecule has 0 saturated heterocycles. The minimum atomic E-state index is 0.732. The number of ether oxygens (including phenoxy) is 1. The third kappa shape index (κ3) is 4.42. The molecule has 2 heterocycles. The fourth-order valence-electron chi connectivity index (χ4n) is 2.90. The van der Waals surface area contributed by atoms with Crippen LogP contribution in [0.1, 0.15) is 28.3 Å². The fourth-order valence-corrected chi connectivity index (χ4v) is 2.90. The first-order valence-corrected chi connectivity index (χ1v) is 8.13. The van der Waals surface area contributed by atoms with Crippen molar-refractivity contribution in [1.82, 2.24) is 24.5 Å². The molecule has 2 aromatic heterocycles. The number of aryl methyl sites for hydroxylation is 4. The van der Waals surface area contributed by atoms with E-state index in [1.165, 1.54) is 17.0 Å². The minimum Gasteiger partial charge on any atom is -0.383 e. The van der Waals surface area contributed by atoms with Crippen LogP contribution in [0.5, 0.6) is 0 Å². The normalized spacial score (nSPS) is 11.6. The van der Waals surface area contributed by atoms with Crippen LogP contribution < -0.4 is 0 Å². The Morgan fingerprint density at radius 1 is 1.13 bits per heavy atom. The predicted octanol–water partition coefficient (Wildman–Crippen LogP) is 2.00. The van der Waals surface area contributed by atoms with Gasteiger partial charge in [-0.3, -0.25) is 14.3 Å². The molecule has 23 heavy (non-hydrogen) atoms. The van der Waals surface area contributed by atoms with E-state index in [1.54, 1.807) is 7.11 Å². The third-order valence-electron chi connectivity index (χ3n) is 4.38. The average Bonchev–Trinajstić information content (AvgIpc) is 2.94. The molecule has 0 aliphatic heterocycles. The molecule has 6 nitrogen and oxygen atoms in total. The zero-order valence-electron chi connectivity index (χ0n) is 15.3. The maximum Gasteiger partial charge on any atom is 0.0641 e. The molecule has 0 unspecified atom stereocenters. The average molecular weight is 319 g/mol. The van der Waals surface area contributed by atoms with Crippen LogP contribution in [-0.2, 0) is 24.9 Å². The van der Waals surface area contributed by atoms with Crippen LogP contribution in [0.15, 0.2) is 6.07 Å². The Kier molecular flexibility index (Phi) is 5.96. The lowest BCUT2D eigenvalue weighted by atomic mass is 10.2. The number of nitrogens with zero attached hydrogens (tertiary/aromatic N) is 5. The van der Waals surface area contributed by atoms with Crippen LogP contribution in [0.3, 0.4) is 0 Å². The summed E-state index contributed by atoms with van der Waals surface area (Å²) >= 11 is 0. The Labute approximate surface area is 139 Å². The van der Waals surface area contributed by atoms with Crippen LogP contribution in [0.25, 0.3) is 0 Å². The fraction of sp³-hybridized carbons (Fsp3) is 0.647. The van der Waals surface area contributed by atoms with Crippen molar-refractivity contribution in [1.29, 1.82) is 0 Å². The van der Waals surface area contributed by atoms with E-state index in [-0.39, 0.29) is 0 Å². The van der Waals surface area contributed by atoms with Crippen molar-refractivity contribution in [2.24, 2.45) is 7.05 Å². The number of methoxy groups -OCH3 is 1. The van der Waals surface area contributed by atoms with Crippen LogP contribution in [0.4, 0.5) is 0 Å². The van der Waals surface area contributed by atoms with Gasteiger partial charge in [0.1, 0.15) is 0 Å². The summed E-state index contributed by atoms with van der Waals surface area (Å²) in [5.74, 6) is 0. The highest BCUT2D eigenvalue weighted by Gasteiger charge is 2.14. The van der Waals surface area contributed by atoms with Gasteiger partial charge in [0.2, 0.25) is 0 Å². The molecule has 0 amide bonds. The van der Waals surface area contributed by atoms with Crippen LogP contribution in [-0.4, -0.2) is 51.3 Å². The van der Waals surface area contributed by atoms with Crippen LogP contribution in [0, 0.1) is 27.7 Å². The van der Waals surface area contributed by atoms with E-state index < -0.39 is 0 Å². The molecule has 0 spiro atoms. The maximum absolute atomic E-state index is 5.27. The second kappa shape index (κ2) is 7.75. The molecule has 0 radical (unpaired) electrons. The summed E-state index contributed by atoms with van der Waals surface area (Å²) in [4.78, 5) is 2.41. The Morgan fingerprint density at radius 3 is 2.39 bits per heavy atom. The molecule has 0 fully saturated rings. The maximum atomic E-state index is 5.27. The van der Waals surface area contributed by atoms with E-state index in [2.05, 4.69) is 46.6 Å². The van der Waals surface area contributed by atoms with Crippen LogP contribution in [0.2, 0.25) is 0 Å². The van der Waals surface area contributed by atoms with Crippen molar-refractivity contribution in [2.45, 2.75) is 40.8 Å². The first kappa shape index (κ1) is 17.7. The van der Waals surface area contributed by atoms with E-state index in [4.69, 9.17) is 4.74 Å². The van der Waals surface area contributed by atoms with E-state index in [0.717, 1.165) is 44.2 Å². The molecule has 0 N–H and O–H groups in total. The summed E-state index contributed by atoms with van der Waals surface area (Å²) < 4.78 is 9.31. The molecule has 0 aromatic carbocycles. The predicted molar refractivity (Wildman–Crippen MR) is 91.5 cm³/mol. The van der Waals surface area contributed by atoms with Crippen LogP contribution >= 0.6 is 0 Å². The molecule has 0 aliphatic carbocycles. The number of hydrogen-bond donors (Lipinski definition) is 0. The Morgan fingerprint density at radius 2 is 1.87 bits per heavy atom. The van der Waals surface area contributed by atoms with Gasteiger partial charge in [0.15, 0.2) is 0 Å². The molecule has 6 heteroatoms. The monoisotopic (exact) mass is 319 g/mol. The summed E-state index contributed by atoms with van der Waals surface area (Å²) in [7, 11) is 3.75. The summed E-state index contributed by atoms with van der Waals surface area (Å²) in [6.07, 6.45) is 0. The zero-order valence-corrected chi connectivity index (χ0v) is 15.3. The molecular formula is C17H29N5O. The van der Waals surface area contributed by atoms with Crippen molar-refractivity contribution in [3.8, 4) is 0 Å². The highest BCUT2D eigenvalue weighted by molar-refractivity contribution is 5.24. The highest BCUT2D eigenvalue weighted by Crippen LogP contribution is 2.15. The van der Waals surface area contributed by atoms with Crippen molar-refractivity contribution < 1.29 is 4.74 Å². The molecule has 0 bridgehead atoms. The Balaban J connectivity index is 2.05. The second-order valence-corrected chi connectivity index (χ2v) is 6.19. The van der Waals surface area contributed by atoms with Gasteiger partial charge in [-0.15, -0.1) is 0 Å². The molecule has 2 rings (SSSR count). The van der Waals surface area contributed by atoms with Crippen molar-refractivity contribution >= 4 is 0 Å². The lowest BCUT2D eigenvalue weighted by Crippen LogP contribution is -2.31. The standard InChI is InChI=1S/C17H29N5O/c1-13-11-14(2)22(18-13)8-7-21(9-10-23-6)12-17-15(3)19-20(5)16(17)4/h11H,7-10,12H2,1-6H3. The van der Waals surface area contributed by atoms with Crippen molar-refractivity contribution in [2.75, 3.05) is 26.8 Å². The summed E-state index contributed by atoms with van der Waals surface area (Å²) in [6, 6.07) is 2.12. The quantitative estimate of drug-likeness (QED) is 0.747. The molecule has 0 aliphatic rings. The van der Waals surface area contributed by atoms with Gasteiger partial charge < -0.3 is 4.74 Å². The van der Waals surface area contributed by atoms with Gasteiger partial charge in [-0.1, -0.05) is 0 Å². The van der Waals surface area contributed by atoms with E-state index in [9.17, 15) is 0 Å². The molecule has 2 aromatic rings. The topological polar surface area (TPSA) is 48.1 Å². The number of rotatable bonds is 8. The highest BCUT2D eigenvalue weighted by atomic mass is 16.5. The Hall–Kier alpha value is -1.66. The molecule has 0 atom stereocenters. The second-order valence-electron chi connectivity index (χ2n) is 6.19. The zero-order chi connectivity index (χ0) is 17.0. The number of hydrogen-bond acceptors (Lipinski definition) is 4. The molecule has 128 valence electrons. The molecule has 0 saturated carbocycles. The largest absolute Gasteiger partial charge is 0.383 e.